The van der Waals surface area contributed by atoms with Gasteiger partial charge in [0, 0.05) is 19.2 Å². The first-order valence-corrected chi connectivity index (χ1v) is 8.96. The summed E-state index contributed by atoms with van der Waals surface area (Å²) in [5, 5.41) is 11.9. The van der Waals surface area contributed by atoms with Crippen LogP contribution in [-0.4, -0.2) is 25.9 Å². The molecule has 1 amide bonds. The summed E-state index contributed by atoms with van der Waals surface area (Å²) >= 11 is 1.41. The number of amides is 1. The summed E-state index contributed by atoms with van der Waals surface area (Å²) in [7, 11) is 1.93. The molecule has 1 N–H and O–H groups in total. The number of thioether (sulfide) groups is 1. The van der Waals surface area contributed by atoms with E-state index in [2.05, 4.69) is 27.6 Å². The van der Waals surface area contributed by atoms with Crippen molar-refractivity contribution >= 4 is 23.4 Å². The van der Waals surface area contributed by atoms with Gasteiger partial charge in [-0.2, -0.15) is 0 Å². The third kappa shape index (κ3) is 4.48. The second kappa shape index (κ2) is 7.98. The minimum atomic E-state index is -0.271. The van der Waals surface area contributed by atoms with Crippen molar-refractivity contribution in [3.8, 4) is 0 Å². The highest BCUT2D eigenvalue weighted by Crippen LogP contribution is 2.23. The highest BCUT2D eigenvalue weighted by Gasteiger charge is 2.19. The standard InChI is InChI=1S/C19H20N4OS/c1-14(18(24)20-16-11-7-4-8-12-16)25-19-22-21-17(23(19)2)13-15-9-5-3-6-10-15/h3-12,14H,13H2,1-2H3,(H,20,24)/t14-/m1/s1. The monoisotopic (exact) mass is 352 g/mol. The SMILES string of the molecule is C[C@@H](Sc1nnc(Cc2ccccc2)n1C)C(=O)Nc1ccccc1. The predicted octanol–water partition coefficient (Wildman–Crippen LogP) is 3.53. The molecule has 128 valence electrons. The number of para-hydroxylation sites is 1. The first-order valence-electron chi connectivity index (χ1n) is 8.08. The Morgan fingerprint density at radius 1 is 1.08 bits per heavy atom. The van der Waals surface area contributed by atoms with Crippen LogP contribution in [0.3, 0.4) is 0 Å². The minimum absolute atomic E-state index is 0.0520. The smallest absolute Gasteiger partial charge is 0.237 e. The Bertz CT molecular complexity index is 833. The summed E-state index contributed by atoms with van der Waals surface area (Å²) in [5.41, 5.74) is 1.98. The zero-order valence-electron chi connectivity index (χ0n) is 14.2. The van der Waals surface area contributed by atoms with Crippen LogP contribution in [0.2, 0.25) is 0 Å². The summed E-state index contributed by atoms with van der Waals surface area (Å²) in [6.45, 7) is 1.87. The lowest BCUT2D eigenvalue weighted by Crippen LogP contribution is -2.22. The molecule has 3 aromatic rings. The van der Waals surface area contributed by atoms with Gasteiger partial charge >= 0.3 is 0 Å². The van der Waals surface area contributed by atoms with Crippen molar-refractivity contribution in [3.05, 3.63) is 72.1 Å². The van der Waals surface area contributed by atoms with E-state index in [1.165, 1.54) is 17.3 Å². The van der Waals surface area contributed by atoms with Gasteiger partial charge in [0.2, 0.25) is 5.91 Å². The van der Waals surface area contributed by atoms with E-state index in [4.69, 9.17) is 0 Å². The molecule has 0 saturated carbocycles. The van der Waals surface area contributed by atoms with Crippen LogP contribution >= 0.6 is 11.8 Å². The molecule has 0 aliphatic rings. The van der Waals surface area contributed by atoms with Crippen LogP contribution in [0.15, 0.2) is 65.8 Å². The largest absolute Gasteiger partial charge is 0.325 e. The van der Waals surface area contributed by atoms with Gasteiger partial charge in [-0.25, -0.2) is 0 Å². The highest BCUT2D eigenvalue weighted by atomic mass is 32.2. The average molecular weight is 352 g/mol. The third-order valence-electron chi connectivity index (χ3n) is 3.82. The van der Waals surface area contributed by atoms with E-state index in [0.717, 1.165) is 23.1 Å². The fourth-order valence-corrected chi connectivity index (χ4v) is 3.19. The highest BCUT2D eigenvalue weighted by molar-refractivity contribution is 8.00. The lowest BCUT2D eigenvalue weighted by atomic mass is 10.1. The van der Waals surface area contributed by atoms with Gasteiger partial charge in [0.05, 0.1) is 5.25 Å². The van der Waals surface area contributed by atoms with Gasteiger partial charge in [-0.15, -0.1) is 10.2 Å². The number of benzene rings is 2. The van der Waals surface area contributed by atoms with E-state index in [1.807, 2.05) is 67.1 Å². The fraction of sp³-hybridized carbons (Fsp3) is 0.211. The van der Waals surface area contributed by atoms with Gasteiger partial charge in [0.25, 0.3) is 0 Å². The lowest BCUT2D eigenvalue weighted by molar-refractivity contribution is -0.115. The summed E-state index contributed by atoms with van der Waals surface area (Å²) in [6, 6.07) is 19.6. The predicted molar refractivity (Wildman–Crippen MR) is 101 cm³/mol. The Balaban J connectivity index is 1.63. The number of nitrogens with zero attached hydrogens (tertiary/aromatic N) is 3. The Morgan fingerprint density at radius 2 is 1.72 bits per heavy atom. The van der Waals surface area contributed by atoms with Crippen LogP contribution in [0.25, 0.3) is 0 Å². The number of carbonyl (C=O) groups is 1. The molecule has 0 saturated heterocycles. The zero-order valence-corrected chi connectivity index (χ0v) is 15.0. The number of anilines is 1. The number of aromatic nitrogens is 3. The molecule has 0 aliphatic heterocycles. The maximum Gasteiger partial charge on any atom is 0.237 e. The molecule has 3 rings (SSSR count). The van der Waals surface area contributed by atoms with Crippen LogP contribution in [-0.2, 0) is 18.3 Å². The molecule has 1 atom stereocenters. The maximum atomic E-state index is 12.3. The molecule has 0 bridgehead atoms. The summed E-state index contributed by atoms with van der Waals surface area (Å²) in [5.74, 6) is 0.827. The van der Waals surface area contributed by atoms with Crippen molar-refractivity contribution in [2.24, 2.45) is 7.05 Å². The van der Waals surface area contributed by atoms with Crippen molar-refractivity contribution in [1.29, 1.82) is 0 Å². The van der Waals surface area contributed by atoms with Crippen LogP contribution in [0.5, 0.6) is 0 Å². The Hall–Kier alpha value is -2.60. The molecule has 2 aromatic carbocycles. The molecule has 0 unspecified atom stereocenters. The van der Waals surface area contributed by atoms with Gasteiger partial charge in [-0.3, -0.25) is 4.79 Å². The minimum Gasteiger partial charge on any atom is -0.325 e. The van der Waals surface area contributed by atoms with Gasteiger partial charge in [0.15, 0.2) is 5.16 Å². The number of carbonyl (C=O) groups excluding carboxylic acids is 1. The van der Waals surface area contributed by atoms with E-state index in [9.17, 15) is 4.79 Å². The maximum absolute atomic E-state index is 12.3. The number of nitrogens with one attached hydrogen (secondary N) is 1. The van der Waals surface area contributed by atoms with E-state index in [0.29, 0.717) is 0 Å². The summed E-state index contributed by atoms with van der Waals surface area (Å²) < 4.78 is 1.95. The van der Waals surface area contributed by atoms with Gasteiger partial charge in [0.1, 0.15) is 5.82 Å². The summed E-state index contributed by atoms with van der Waals surface area (Å²) in [6.07, 6.45) is 0.718. The normalized spacial score (nSPS) is 11.9. The molecule has 25 heavy (non-hydrogen) atoms. The van der Waals surface area contributed by atoms with E-state index in [-0.39, 0.29) is 11.2 Å². The second-order valence-corrected chi connectivity index (χ2v) is 7.04. The van der Waals surface area contributed by atoms with Crippen LogP contribution < -0.4 is 5.32 Å². The Kier molecular flexibility index (Phi) is 5.50. The average Bonchev–Trinajstić information content (AvgIpc) is 2.97. The molecule has 6 heteroatoms. The van der Waals surface area contributed by atoms with Crippen molar-refractivity contribution in [2.75, 3.05) is 5.32 Å². The lowest BCUT2D eigenvalue weighted by Gasteiger charge is -2.11. The van der Waals surface area contributed by atoms with E-state index < -0.39 is 0 Å². The quantitative estimate of drug-likeness (QED) is 0.690. The van der Waals surface area contributed by atoms with Crippen LogP contribution in [0, 0.1) is 0 Å². The molecule has 0 fully saturated rings. The van der Waals surface area contributed by atoms with Gasteiger partial charge < -0.3 is 9.88 Å². The fourth-order valence-electron chi connectivity index (χ4n) is 2.36. The molecular formula is C19H20N4OS. The summed E-state index contributed by atoms with van der Waals surface area (Å²) in [4.78, 5) is 12.3. The van der Waals surface area contributed by atoms with Crippen LogP contribution in [0.4, 0.5) is 5.69 Å². The Labute approximate surface area is 151 Å². The molecule has 0 radical (unpaired) electrons. The first-order chi connectivity index (χ1) is 12.1. The van der Waals surface area contributed by atoms with Crippen molar-refractivity contribution in [2.45, 2.75) is 23.8 Å². The topological polar surface area (TPSA) is 59.8 Å². The molecule has 1 aromatic heterocycles. The molecule has 0 spiro atoms. The van der Waals surface area contributed by atoms with Crippen molar-refractivity contribution < 1.29 is 4.79 Å². The molecule has 1 heterocycles. The third-order valence-corrected chi connectivity index (χ3v) is 4.96. The van der Waals surface area contributed by atoms with Crippen molar-refractivity contribution in [3.63, 3.8) is 0 Å². The Morgan fingerprint density at radius 3 is 2.40 bits per heavy atom. The first kappa shape index (κ1) is 17.2. The number of hydrogen-bond acceptors (Lipinski definition) is 4. The van der Waals surface area contributed by atoms with Gasteiger partial charge in [-0.1, -0.05) is 60.3 Å². The van der Waals surface area contributed by atoms with E-state index >= 15 is 0 Å². The van der Waals surface area contributed by atoms with Gasteiger partial charge in [-0.05, 0) is 24.6 Å². The molecular weight excluding hydrogens is 332 g/mol. The zero-order chi connectivity index (χ0) is 17.6. The number of rotatable bonds is 6. The van der Waals surface area contributed by atoms with Crippen LogP contribution in [0.1, 0.15) is 18.3 Å². The number of hydrogen-bond donors (Lipinski definition) is 1. The second-order valence-electron chi connectivity index (χ2n) is 5.74. The van der Waals surface area contributed by atoms with Crippen molar-refractivity contribution in [1.82, 2.24) is 14.8 Å². The molecule has 0 aliphatic carbocycles. The molecule has 5 nitrogen and oxygen atoms in total. The van der Waals surface area contributed by atoms with E-state index in [1.54, 1.807) is 0 Å².